The maximum atomic E-state index is 11.1. The first-order valence-corrected chi connectivity index (χ1v) is 6.96. The van der Waals surface area contributed by atoms with Gasteiger partial charge in [0.1, 0.15) is 0 Å². The number of aliphatic carboxylic acids is 1. The van der Waals surface area contributed by atoms with Crippen LogP contribution in [-0.4, -0.2) is 23.2 Å². The average molecular weight is 241 g/mol. The maximum Gasteiger partial charge on any atom is 0.305 e. The second-order valence-electron chi connectivity index (χ2n) is 5.88. The Labute approximate surface area is 105 Å². The molecule has 2 unspecified atom stereocenters. The minimum absolute atomic E-state index is 0.144. The Morgan fingerprint density at radius 3 is 2.76 bits per heavy atom. The highest BCUT2D eigenvalue weighted by molar-refractivity contribution is 5.68. The number of carboxylic acid groups (broad SMARTS) is 1. The third-order valence-electron chi connectivity index (χ3n) is 4.07. The number of carboxylic acids is 1. The van der Waals surface area contributed by atoms with Crippen molar-refractivity contribution in [3.05, 3.63) is 0 Å². The zero-order chi connectivity index (χ0) is 12.9. The summed E-state index contributed by atoms with van der Waals surface area (Å²) < 4.78 is 0. The molecule has 1 rings (SSSR count). The van der Waals surface area contributed by atoms with Gasteiger partial charge < -0.3 is 10.4 Å². The van der Waals surface area contributed by atoms with Crippen molar-refractivity contribution in [3.8, 4) is 0 Å². The summed E-state index contributed by atoms with van der Waals surface area (Å²) in [5.74, 6) is 0.664. The van der Waals surface area contributed by atoms with Crippen molar-refractivity contribution in [2.24, 2.45) is 11.8 Å². The van der Waals surface area contributed by atoms with Gasteiger partial charge in [-0.25, -0.2) is 0 Å². The lowest BCUT2D eigenvalue weighted by Crippen LogP contribution is -2.51. The Bertz CT molecular complexity index is 253. The first kappa shape index (κ1) is 14.5. The largest absolute Gasteiger partial charge is 0.481 e. The average Bonchev–Trinajstić information content (AvgIpc) is 2.26. The summed E-state index contributed by atoms with van der Waals surface area (Å²) in [6.07, 6.45) is 5.79. The van der Waals surface area contributed by atoms with Gasteiger partial charge in [0.2, 0.25) is 0 Å². The van der Waals surface area contributed by atoms with Gasteiger partial charge in [0, 0.05) is 5.54 Å². The van der Waals surface area contributed by atoms with Crippen LogP contribution in [-0.2, 0) is 4.79 Å². The summed E-state index contributed by atoms with van der Waals surface area (Å²) in [6.45, 7) is 7.56. The van der Waals surface area contributed by atoms with Crippen molar-refractivity contribution >= 4 is 5.97 Å². The van der Waals surface area contributed by atoms with Gasteiger partial charge in [0.05, 0.1) is 6.42 Å². The van der Waals surface area contributed by atoms with E-state index in [0.717, 1.165) is 32.2 Å². The molecule has 1 fully saturated rings. The van der Waals surface area contributed by atoms with Crippen molar-refractivity contribution in [1.29, 1.82) is 0 Å². The van der Waals surface area contributed by atoms with E-state index in [1.807, 2.05) is 0 Å². The molecule has 100 valence electrons. The van der Waals surface area contributed by atoms with Crippen molar-refractivity contribution in [1.82, 2.24) is 5.32 Å². The predicted octanol–water partition coefficient (Wildman–Crippen LogP) is 3.05. The van der Waals surface area contributed by atoms with Gasteiger partial charge in [0.25, 0.3) is 0 Å². The minimum Gasteiger partial charge on any atom is -0.481 e. The monoisotopic (exact) mass is 241 g/mol. The first-order chi connectivity index (χ1) is 7.99. The van der Waals surface area contributed by atoms with Crippen molar-refractivity contribution in [3.63, 3.8) is 0 Å². The third kappa shape index (κ3) is 4.30. The highest BCUT2D eigenvalue weighted by atomic mass is 16.4. The van der Waals surface area contributed by atoms with E-state index in [2.05, 4.69) is 26.1 Å². The van der Waals surface area contributed by atoms with E-state index in [4.69, 9.17) is 5.11 Å². The lowest BCUT2D eigenvalue weighted by Gasteiger charge is -2.42. The van der Waals surface area contributed by atoms with Crippen LogP contribution in [0, 0.1) is 11.8 Å². The summed E-state index contributed by atoms with van der Waals surface area (Å²) in [5.41, 5.74) is -0.144. The molecule has 0 radical (unpaired) electrons. The highest BCUT2D eigenvalue weighted by Gasteiger charge is 2.38. The first-order valence-electron chi connectivity index (χ1n) is 6.96. The van der Waals surface area contributed by atoms with Gasteiger partial charge >= 0.3 is 5.97 Å². The second kappa shape index (κ2) is 6.39. The fourth-order valence-corrected chi connectivity index (χ4v) is 3.04. The van der Waals surface area contributed by atoms with E-state index in [0.29, 0.717) is 11.8 Å². The second-order valence-corrected chi connectivity index (χ2v) is 5.88. The topological polar surface area (TPSA) is 49.3 Å². The molecule has 0 aromatic carbocycles. The Balaban J connectivity index is 2.70. The molecule has 3 heteroatoms. The summed E-state index contributed by atoms with van der Waals surface area (Å²) in [5, 5.41) is 12.6. The van der Waals surface area contributed by atoms with E-state index < -0.39 is 5.97 Å². The molecule has 0 aliphatic heterocycles. The van der Waals surface area contributed by atoms with Crippen molar-refractivity contribution in [2.45, 2.75) is 64.8 Å². The molecule has 17 heavy (non-hydrogen) atoms. The van der Waals surface area contributed by atoms with Crippen LogP contribution < -0.4 is 5.32 Å². The number of carbonyl (C=O) groups is 1. The molecule has 0 bridgehead atoms. The zero-order valence-electron chi connectivity index (χ0n) is 11.5. The molecule has 0 heterocycles. The molecule has 0 spiro atoms. The van der Waals surface area contributed by atoms with Crippen LogP contribution in [0.2, 0.25) is 0 Å². The molecule has 0 aromatic heterocycles. The SMILES string of the molecule is CCCNC1(CC(=O)O)CCCC(C(C)C)C1. The summed E-state index contributed by atoms with van der Waals surface area (Å²) in [4.78, 5) is 11.1. The zero-order valence-corrected chi connectivity index (χ0v) is 11.5. The molecule has 1 saturated carbocycles. The molecular formula is C14H27NO2. The van der Waals surface area contributed by atoms with E-state index in [-0.39, 0.29) is 12.0 Å². The van der Waals surface area contributed by atoms with Crippen LogP contribution in [0.3, 0.4) is 0 Å². The number of nitrogens with one attached hydrogen (secondary N) is 1. The minimum atomic E-state index is -0.669. The molecular weight excluding hydrogens is 214 g/mol. The number of hydrogen-bond acceptors (Lipinski definition) is 2. The smallest absolute Gasteiger partial charge is 0.305 e. The Kier molecular flexibility index (Phi) is 5.44. The summed E-state index contributed by atoms with van der Waals surface area (Å²) in [6, 6.07) is 0. The summed E-state index contributed by atoms with van der Waals surface area (Å²) in [7, 11) is 0. The summed E-state index contributed by atoms with van der Waals surface area (Å²) >= 11 is 0. The van der Waals surface area contributed by atoms with Gasteiger partial charge in [-0.05, 0) is 37.6 Å². The van der Waals surface area contributed by atoms with Crippen LogP contribution >= 0.6 is 0 Å². The van der Waals surface area contributed by atoms with Crippen LogP contribution in [0.25, 0.3) is 0 Å². The van der Waals surface area contributed by atoms with Crippen LogP contribution in [0.4, 0.5) is 0 Å². The Hall–Kier alpha value is -0.570. The van der Waals surface area contributed by atoms with Crippen LogP contribution in [0.5, 0.6) is 0 Å². The Morgan fingerprint density at radius 2 is 2.24 bits per heavy atom. The fraction of sp³-hybridized carbons (Fsp3) is 0.929. The molecule has 2 atom stereocenters. The highest BCUT2D eigenvalue weighted by Crippen LogP contribution is 2.38. The van der Waals surface area contributed by atoms with E-state index in [1.54, 1.807) is 0 Å². The predicted molar refractivity (Wildman–Crippen MR) is 70.1 cm³/mol. The van der Waals surface area contributed by atoms with Gasteiger partial charge in [-0.1, -0.05) is 33.6 Å². The lowest BCUT2D eigenvalue weighted by molar-refractivity contribution is -0.139. The molecule has 1 aliphatic carbocycles. The normalized spacial score (nSPS) is 29.5. The lowest BCUT2D eigenvalue weighted by atomic mass is 9.70. The fourth-order valence-electron chi connectivity index (χ4n) is 3.04. The van der Waals surface area contributed by atoms with Crippen molar-refractivity contribution < 1.29 is 9.90 Å². The van der Waals surface area contributed by atoms with Crippen LogP contribution in [0.1, 0.15) is 59.3 Å². The van der Waals surface area contributed by atoms with Crippen molar-refractivity contribution in [2.75, 3.05) is 6.54 Å². The van der Waals surface area contributed by atoms with E-state index in [9.17, 15) is 4.79 Å². The van der Waals surface area contributed by atoms with Crippen LogP contribution in [0.15, 0.2) is 0 Å². The third-order valence-corrected chi connectivity index (χ3v) is 4.07. The van der Waals surface area contributed by atoms with Gasteiger partial charge in [0.15, 0.2) is 0 Å². The standard InChI is InChI=1S/C14H27NO2/c1-4-8-15-14(10-13(16)17)7-5-6-12(9-14)11(2)3/h11-12,15H,4-10H2,1-3H3,(H,16,17). The molecule has 0 aromatic rings. The maximum absolute atomic E-state index is 11.1. The molecule has 0 amide bonds. The number of hydrogen-bond donors (Lipinski definition) is 2. The molecule has 1 aliphatic rings. The molecule has 2 N–H and O–H groups in total. The van der Waals surface area contributed by atoms with Gasteiger partial charge in [-0.3, -0.25) is 4.79 Å². The quantitative estimate of drug-likeness (QED) is 0.751. The van der Waals surface area contributed by atoms with E-state index in [1.165, 1.54) is 6.42 Å². The number of rotatable bonds is 6. The Morgan fingerprint density at radius 1 is 1.53 bits per heavy atom. The molecule has 3 nitrogen and oxygen atoms in total. The van der Waals surface area contributed by atoms with Gasteiger partial charge in [-0.15, -0.1) is 0 Å². The van der Waals surface area contributed by atoms with E-state index >= 15 is 0 Å². The molecule has 0 saturated heterocycles. The van der Waals surface area contributed by atoms with Gasteiger partial charge in [-0.2, -0.15) is 0 Å².